The maximum absolute atomic E-state index is 12.3. The van der Waals surface area contributed by atoms with E-state index in [0.29, 0.717) is 17.0 Å². The number of Topliss-reactive ketones (excluding diaryl/α,β-unsaturated/α-hetero) is 1. The highest BCUT2D eigenvalue weighted by atomic mass is 16.5. The fraction of sp³-hybridized carbons (Fsp3) is 0.333. The number of nitrogens with one attached hydrogen (secondary N) is 1. The number of ketones is 1. The second-order valence-corrected chi connectivity index (χ2v) is 7.16. The summed E-state index contributed by atoms with van der Waals surface area (Å²) in [4.78, 5) is 23.7. The monoisotopic (exact) mass is 339 g/mol. The van der Waals surface area contributed by atoms with Gasteiger partial charge in [0.15, 0.2) is 11.9 Å². The number of hydrogen-bond donors (Lipinski definition) is 1. The molecule has 0 heterocycles. The maximum Gasteiger partial charge on any atom is 0.265 e. The van der Waals surface area contributed by atoms with Crippen molar-refractivity contribution in [3.63, 3.8) is 0 Å². The topological polar surface area (TPSA) is 55.4 Å². The fourth-order valence-electron chi connectivity index (χ4n) is 2.35. The molecule has 0 spiro atoms. The molecule has 0 aromatic heterocycles. The van der Waals surface area contributed by atoms with Gasteiger partial charge in [0, 0.05) is 11.3 Å². The maximum atomic E-state index is 12.3. The second-order valence-electron chi connectivity index (χ2n) is 7.16. The number of carbonyl (C=O) groups is 2. The van der Waals surface area contributed by atoms with Gasteiger partial charge in [0.1, 0.15) is 5.75 Å². The molecule has 0 aliphatic heterocycles. The minimum Gasteiger partial charge on any atom is -0.481 e. The number of benzene rings is 2. The standard InChI is InChI=1S/C21H25NO3/c1-14(23)16-7-6-8-18(13-16)22-20(24)15(2)25-19-11-9-17(10-12-19)21(3,4)5/h6-13,15H,1-5H3,(H,22,24)/t15-/m0/s1. The first-order valence-electron chi connectivity index (χ1n) is 8.36. The molecule has 0 aliphatic carbocycles. The molecule has 2 rings (SSSR count). The minimum absolute atomic E-state index is 0.0423. The summed E-state index contributed by atoms with van der Waals surface area (Å²) in [6.07, 6.45) is -0.651. The molecule has 1 atom stereocenters. The summed E-state index contributed by atoms with van der Waals surface area (Å²) in [6, 6.07) is 14.6. The number of anilines is 1. The van der Waals surface area contributed by atoms with Crippen LogP contribution >= 0.6 is 0 Å². The first-order chi connectivity index (χ1) is 11.7. The van der Waals surface area contributed by atoms with Gasteiger partial charge in [0.25, 0.3) is 5.91 Å². The lowest BCUT2D eigenvalue weighted by molar-refractivity contribution is -0.122. The van der Waals surface area contributed by atoms with E-state index in [1.807, 2.05) is 24.3 Å². The van der Waals surface area contributed by atoms with E-state index in [0.717, 1.165) is 0 Å². The Morgan fingerprint density at radius 2 is 1.68 bits per heavy atom. The average molecular weight is 339 g/mol. The van der Waals surface area contributed by atoms with E-state index < -0.39 is 6.10 Å². The molecule has 0 bridgehead atoms. The van der Waals surface area contributed by atoms with Gasteiger partial charge in [0.2, 0.25) is 0 Å². The molecular formula is C21H25NO3. The molecule has 4 nitrogen and oxygen atoms in total. The molecule has 25 heavy (non-hydrogen) atoms. The van der Waals surface area contributed by atoms with E-state index in [1.165, 1.54) is 12.5 Å². The van der Waals surface area contributed by atoms with Gasteiger partial charge < -0.3 is 10.1 Å². The van der Waals surface area contributed by atoms with Gasteiger partial charge in [-0.3, -0.25) is 9.59 Å². The molecule has 0 saturated heterocycles. The molecule has 1 N–H and O–H groups in total. The Labute approximate surface area is 149 Å². The molecule has 1 amide bonds. The van der Waals surface area contributed by atoms with E-state index in [4.69, 9.17) is 4.74 Å². The Morgan fingerprint density at radius 1 is 1.04 bits per heavy atom. The predicted octanol–water partition coefficient (Wildman–Crippen LogP) is 4.59. The van der Waals surface area contributed by atoms with Crippen LogP contribution in [0.1, 0.15) is 50.5 Å². The molecule has 0 fully saturated rings. The molecule has 132 valence electrons. The first kappa shape index (κ1) is 18.7. The number of rotatable bonds is 5. The summed E-state index contributed by atoms with van der Waals surface area (Å²) in [5.41, 5.74) is 2.42. The van der Waals surface area contributed by atoms with Crippen molar-refractivity contribution in [1.82, 2.24) is 0 Å². The van der Waals surface area contributed by atoms with Crippen molar-refractivity contribution >= 4 is 17.4 Å². The average Bonchev–Trinajstić information content (AvgIpc) is 2.54. The zero-order valence-corrected chi connectivity index (χ0v) is 15.4. The summed E-state index contributed by atoms with van der Waals surface area (Å²) in [7, 11) is 0. The number of ether oxygens (including phenoxy) is 1. The van der Waals surface area contributed by atoms with E-state index >= 15 is 0 Å². The van der Waals surface area contributed by atoms with Crippen molar-refractivity contribution in [2.24, 2.45) is 0 Å². The van der Waals surface area contributed by atoms with E-state index in [2.05, 4.69) is 26.1 Å². The summed E-state index contributed by atoms with van der Waals surface area (Å²) in [5, 5.41) is 2.78. The normalized spacial score (nSPS) is 12.4. The van der Waals surface area contributed by atoms with Gasteiger partial charge >= 0.3 is 0 Å². The summed E-state index contributed by atoms with van der Waals surface area (Å²) < 4.78 is 5.71. The zero-order valence-electron chi connectivity index (χ0n) is 15.4. The van der Waals surface area contributed by atoms with Crippen LogP contribution in [0.4, 0.5) is 5.69 Å². The van der Waals surface area contributed by atoms with Crippen LogP contribution in [0.5, 0.6) is 5.75 Å². The molecule has 2 aromatic rings. The summed E-state index contributed by atoms with van der Waals surface area (Å²) in [6.45, 7) is 9.63. The lowest BCUT2D eigenvalue weighted by atomic mass is 9.87. The highest BCUT2D eigenvalue weighted by Crippen LogP contribution is 2.24. The van der Waals surface area contributed by atoms with Crippen molar-refractivity contribution in [2.75, 3.05) is 5.32 Å². The van der Waals surface area contributed by atoms with Crippen LogP contribution in [-0.4, -0.2) is 17.8 Å². The van der Waals surface area contributed by atoms with Crippen LogP contribution in [0.25, 0.3) is 0 Å². The van der Waals surface area contributed by atoms with E-state index in [9.17, 15) is 9.59 Å². The van der Waals surface area contributed by atoms with Gasteiger partial charge in [-0.1, -0.05) is 45.0 Å². The lowest BCUT2D eigenvalue weighted by Crippen LogP contribution is -2.30. The van der Waals surface area contributed by atoms with Gasteiger partial charge in [-0.2, -0.15) is 0 Å². The van der Waals surface area contributed by atoms with Crippen LogP contribution in [0.15, 0.2) is 48.5 Å². The van der Waals surface area contributed by atoms with Crippen molar-refractivity contribution in [3.8, 4) is 5.75 Å². The summed E-state index contributed by atoms with van der Waals surface area (Å²) >= 11 is 0. The first-order valence-corrected chi connectivity index (χ1v) is 8.36. The third kappa shape index (κ3) is 5.18. The Hall–Kier alpha value is -2.62. The van der Waals surface area contributed by atoms with Crippen molar-refractivity contribution in [3.05, 3.63) is 59.7 Å². The van der Waals surface area contributed by atoms with Crippen LogP contribution in [0.2, 0.25) is 0 Å². The molecule has 0 unspecified atom stereocenters. The molecule has 4 heteroatoms. The van der Waals surface area contributed by atoms with Crippen LogP contribution in [0.3, 0.4) is 0 Å². The highest BCUT2D eigenvalue weighted by Gasteiger charge is 2.17. The van der Waals surface area contributed by atoms with Gasteiger partial charge in [-0.15, -0.1) is 0 Å². The Balaban J connectivity index is 2.00. The van der Waals surface area contributed by atoms with Gasteiger partial charge in [-0.25, -0.2) is 0 Å². The quantitative estimate of drug-likeness (QED) is 0.810. The van der Waals surface area contributed by atoms with E-state index in [-0.39, 0.29) is 17.1 Å². The smallest absolute Gasteiger partial charge is 0.265 e. The molecule has 0 radical (unpaired) electrons. The predicted molar refractivity (Wildman–Crippen MR) is 100 cm³/mol. The van der Waals surface area contributed by atoms with Crippen LogP contribution in [-0.2, 0) is 10.2 Å². The zero-order chi connectivity index (χ0) is 18.6. The third-order valence-electron chi connectivity index (χ3n) is 3.94. The molecule has 2 aromatic carbocycles. The van der Waals surface area contributed by atoms with Crippen molar-refractivity contribution in [1.29, 1.82) is 0 Å². The number of amides is 1. The molecule has 0 saturated carbocycles. The fourth-order valence-corrected chi connectivity index (χ4v) is 2.35. The minimum atomic E-state index is -0.651. The largest absolute Gasteiger partial charge is 0.481 e. The van der Waals surface area contributed by atoms with Gasteiger partial charge in [0.05, 0.1) is 0 Å². The van der Waals surface area contributed by atoms with E-state index in [1.54, 1.807) is 31.2 Å². The third-order valence-corrected chi connectivity index (χ3v) is 3.94. The number of carbonyl (C=O) groups excluding carboxylic acids is 2. The van der Waals surface area contributed by atoms with Crippen molar-refractivity contribution < 1.29 is 14.3 Å². The van der Waals surface area contributed by atoms with Crippen molar-refractivity contribution in [2.45, 2.75) is 46.1 Å². The lowest BCUT2D eigenvalue weighted by Gasteiger charge is -2.20. The highest BCUT2D eigenvalue weighted by molar-refractivity contribution is 5.98. The SMILES string of the molecule is CC(=O)c1cccc(NC(=O)[C@H](C)Oc2ccc(C(C)(C)C)cc2)c1. The van der Waals surface area contributed by atoms with Crippen LogP contribution < -0.4 is 10.1 Å². The van der Waals surface area contributed by atoms with Gasteiger partial charge in [-0.05, 0) is 49.1 Å². The summed E-state index contributed by atoms with van der Waals surface area (Å²) in [5.74, 6) is 0.341. The number of hydrogen-bond acceptors (Lipinski definition) is 3. The Bertz CT molecular complexity index is 757. The Kier molecular flexibility index (Phi) is 5.62. The molecule has 0 aliphatic rings. The molecular weight excluding hydrogens is 314 g/mol. The Morgan fingerprint density at radius 3 is 2.24 bits per heavy atom. The second kappa shape index (κ2) is 7.51. The van der Waals surface area contributed by atoms with Crippen LogP contribution in [0, 0.1) is 0 Å².